The number of nitrogens with one attached hydrogen (secondary N) is 2. The van der Waals surface area contributed by atoms with Crippen LogP contribution in [-0.4, -0.2) is 23.5 Å². The molecule has 2 rings (SSSR count). The van der Waals surface area contributed by atoms with Gasteiger partial charge in [-0.2, -0.15) is 0 Å². The Morgan fingerprint density at radius 2 is 2.00 bits per heavy atom. The number of carbonyl (C=O) groups is 1. The van der Waals surface area contributed by atoms with Crippen LogP contribution in [0.3, 0.4) is 0 Å². The number of benzene rings is 1. The van der Waals surface area contributed by atoms with E-state index < -0.39 is 0 Å². The second kappa shape index (κ2) is 6.29. The van der Waals surface area contributed by atoms with E-state index in [1.54, 1.807) is 0 Å². The van der Waals surface area contributed by atoms with Crippen LogP contribution in [0.4, 0.5) is 0 Å². The van der Waals surface area contributed by atoms with E-state index in [1.165, 1.54) is 0 Å². The Bertz CT molecular complexity index is 566. The van der Waals surface area contributed by atoms with Gasteiger partial charge < -0.3 is 10.6 Å². The second-order valence-corrected chi connectivity index (χ2v) is 4.82. The van der Waals surface area contributed by atoms with E-state index in [1.807, 2.05) is 50.2 Å². The molecule has 0 bridgehead atoms. The van der Waals surface area contributed by atoms with Gasteiger partial charge in [0, 0.05) is 18.0 Å². The topological polar surface area (TPSA) is 54.0 Å². The molecule has 0 spiro atoms. The molecule has 0 saturated carbocycles. The zero-order valence-corrected chi connectivity index (χ0v) is 11.3. The summed E-state index contributed by atoms with van der Waals surface area (Å²) in [5, 5.41) is 7.06. The van der Waals surface area contributed by atoms with Crippen molar-refractivity contribution in [2.45, 2.75) is 26.4 Å². The van der Waals surface area contributed by atoms with Gasteiger partial charge in [-0.15, -0.1) is 0 Å². The fourth-order valence-electron chi connectivity index (χ4n) is 1.88. The van der Waals surface area contributed by atoms with E-state index in [-0.39, 0.29) is 11.9 Å². The Morgan fingerprint density at radius 1 is 1.21 bits per heavy atom. The lowest BCUT2D eigenvalue weighted by atomic mass is 10.2. The van der Waals surface area contributed by atoms with Crippen molar-refractivity contribution < 1.29 is 4.79 Å². The Balaban J connectivity index is 1.89. The van der Waals surface area contributed by atoms with Crippen LogP contribution in [0.25, 0.3) is 10.9 Å². The Labute approximate surface area is 113 Å². The largest absolute Gasteiger partial charge is 0.353 e. The van der Waals surface area contributed by atoms with Gasteiger partial charge in [0.15, 0.2) is 0 Å². The van der Waals surface area contributed by atoms with E-state index in [2.05, 4.69) is 15.6 Å². The van der Waals surface area contributed by atoms with Crippen molar-refractivity contribution in [1.82, 2.24) is 15.6 Å². The van der Waals surface area contributed by atoms with Crippen LogP contribution in [0.2, 0.25) is 0 Å². The van der Waals surface area contributed by atoms with Gasteiger partial charge in [0.25, 0.3) is 0 Å². The fourth-order valence-corrected chi connectivity index (χ4v) is 1.88. The SMILES string of the molecule is CC(C)NC(=O)CNCc1ccc2ccccc2n1. The summed E-state index contributed by atoms with van der Waals surface area (Å²) in [6.07, 6.45) is 0. The molecule has 0 unspecified atom stereocenters. The summed E-state index contributed by atoms with van der Waals surface area (Å²) < 4.78 is 0. The first-order chi connectivity index (χ1) is 9.15. The summed E-state index contributed by atoms with van der Waals surface area (Å²) in [5.74, 6) is 0.00999. The maximum absolute atomic E-state index is 11.5. The van der Waals surface area contributed by atoms with E-state index in [0.29, 0.717) is 13.1 Å². The lowest BCUT2D eigenvalue weighted by Crippen LogP contribution is -2.37. The molecule has 19 heavy (non-hydrogen) atoms. The van der Waals surface area contributed by atoms with Crippen LogP contribution >= 0.6 is 0 Å². The molecule has 1 amide bonds. The highest BCUT2D eigenvalue weighted by atomic mass is 16.1. The zero-order valence-electron chi connectivity index (χ0n) is 11.3. The Hall–Kier alpha value is -1.94. The van der Waals surface area contributed by atoms with Crippen molar-refractivity contribution in [3.63, 3.8) is 0 Å². The molecule has 4 heteroatoms. The number of fused-ring (bicyclic) bond motifs is 1. The minimum atomic E-state index is 0.00999. The van der Waals surface area contributed by atoms with Crippen LogP contribution in [0.15, 0.2) is 36.4 Å². The third-order valence-electron chi connectivity index (χ3n) is 2.70. The molecule has 1 aromatic heterocycles. The maximum Gasteiger partial charge on any atom is 0.234 e. The van der Waals surface area contributed by atoms with Gasteiger partial charge in [-0.05, 0) is 26.0 Å². The maximum atomic E-state index is 11.5. The first-order valence-corrected chi connectivity index (χ1v) is 6.50. The molecule has 0 radical (unpaired) electrons. The Kier molecular flexibility index (Phi) is 4.47. The van der Waals surface area contributed by atoms with E-state index in [4.69, 9.17) is 0 Å². The minimum Gasteiger partial charge on any atom is -0.353 e. The first-order valence-electron chi connectivity index (χ1n) is 6.50. The van der Waals surface area contributed by atoms with Crippen molar-refractivity contribution >= 4 is 16.8 Å². The van der Waals surface area contributed by atoms with Crippen LogP contribution in [0, 0.1) is 0 Å². The van der Waals surface area contributed by atoms with E-state index >= 15 is 0 Å². The summed E-state index contributed by atoms with van der Waals surface area (Å²) in [6, 6.07) is 12.2. The Morgan fingerprint density at radius 3 is 2.79 bits per heavy atom. The van der Waals surface area contributed by atoms with Gasteiger partial charge in [0.05, 0.1) is 17.8 Å². The first kappa shape index (κ1) is 13.5. The molecule has 1 aromatic carbocycles. The van der Waals surface area contributed by atoms with Crippen molar-refractivity contribution in [2.75, 3.05) is 6.54 Å². The quantitative estimate of drug-likeness (QED) is 0.859. The van der Waals surface area contributed by atoms with Crippen molar-refractivity contribution in [3.8, 4) is 0 Å². The molecule has 0 aliphatic carbocycles. The number of carbonyl (C=O) groups excluding carboxylic acids is 1. The molecular formula is C15H19N3O. The molecule has 2 aromatic rings. The van der Waals surface area contributed by atoms with Gasteiger partial charge >= 0.3 is 0 Å². The number of aromatic nitrogens is 1. The number of hydrogen-bond acceptors (Lipinski definition) is 3. The zero-order chi connectivity index (χ0) is 13.7. The summed E-state index contributed by atoms with van der Waals surface area (Å²) in [6.45, 7) is 4.80. The molecule has 0 saturated heterocycles. The van der Waals surface area contributed by atoms with E-state index in [0.717, 1.165) is 16.6 Å². The van der Waals surface area contributed by atoms with Gasteiger partial charge in [0.2, 0.25) is 5.91 Å². The number of para-hydroxylation sites is 1. The lowest BCUT2D eigenvalue weighted by molar-refractivity contribution is -0.120. The van der Waals surface area contributed by atoms with Gasteiger partial charge in [0.1, 0.15) is 0 Å². The predicted octanol–water partition coefficient (Wildman–Crippen LogP) is 1.85. The molecule has 0 atom stereocenters. The lowest BCUT2D eigenvalue weighted by Gasteiger charge is -2.09. The second-order valence-electron chi connectivity index (χ2n) is 4.82. The van der Waals surface area contributed by atoms with Crippen LogP contribution in [0.1, 0.15) is 19.5 Å². The summed E-state index contributed by atoms with van der Waals surface area (Å²) in [7, 11) is 0. The number of hydrogen-bond donors (Lipinski definition) is 2. The molecule has 1 heterocycles. The monoisotopic (exact) mass is 257 g/mol. The van der Waals surface area contributed by atoms with Crippen molar-refractivity contribution in [1.29, 1.82) is 0 Å². The average molecular weight is 257 g/mol. The number of pyridine rings is 1. The molecule has 0 aliphatic heterocycles. The smallest absolute Gasteiger partial charge is 0.234 e. The standard InChI is InChI=1S/C15H19N3O/c1-11(2)17-15(19)10-16-9-13-8-7-12-5-3-4-6-14(12)18-13/h3-8,11,16H,9-10H2,1-2H3,(H,17,19). The fraction of sp³-hybridized carbons (Fsp3) is 0.333. The molecule has 2 N–H and O–H groups in total. The summed E-state index contributed by atoms with van der Waals surface area (Å²) >= 11 is 0. The molecule has 0 aliphatic rings. The highest BCUT2D eigenvalue weighted by Crippen LogP contribution is 2.11. The van der Waals surface area contributed by atoms with Crippen molar-refractivity contribution in [2.24, 2.45) is 0 Å². The van der Waals surface area contributed by atoms with Crippen molar-refractivity contribution in [3.05, 3.63) is 42.1 Å². The van der Waals surface area contributed by atoms with Crippen LogP contribution < -0.4 is 10.6 Å². The van der Waals surface area contributed by atoms with Gasteiger partial charge in [-0.3, -0.25) is 9.78 Å². The van der Waals surface area contributed by atoms with Gasteiger partial charge in [-0.1, -0.05) is 24.3 Å². The molecule has 4 nitrogen and oxygen atoms in total. The van der Waals surface area contributed by atoms with E-state index in [9.17, 15) is 4.79 Å². The number of rotatable bonds is 5. The third-order valence-corrected chi connectivity index (χ3v) is 2.70. The minimum absolute atomic E-state index is 0.00999. The number of nitrogens with zero attached hydrogens (tertiary/aromatic N) is 1. The third kappa shape index (κ3) is 4.03. The van der Waals surface area contributed by atoms with Crippen LogP contribution in [0.5, 0.6) is 0 Å². The highest BCUT2D eigenvalue weighted by molar-refractivity contribution is 5.79. The highest BCUT2D eigenvalue weighted by Gasteiger charge is 2.03. The summed E-state index contributed by atoms with van der Waals surface area (Å²) in [5.41, 5.74) is 1.92. The molecule has 100 valence electrons. The van der Waals surface area contributed by atoms with Gasteiger partial charge in [-0.25, -0.2) is 0 Å². The normalized spacial score (nSPS) is 10.9. The van der Waals surface area contributed by atoms with Crippen LogP contribution in [-0.2, 0) is 11.3 Å². The predicted molar refractivity (Wildman–Crippen MR) is 76.7 cm³/mol. The average Bonchev–Trinajstić information content (AvgIpc) is 2.37. The molecular weight excluding hydrogens is 238 g/mol. The molecule has 0 fully saturated rings. The number of amides is 1. The summed E-state index contributed by atoms with van der Waals surface area (Å²) in [4.78, 5) is 16.0.